The molecule has 0 atom stereocenters. The number of hydrogen-bond donors (Lipinski definition) is 0. The molecule has 3 nitrogen and oxygen atoms in total. The van der Waals surface area contributed by atoms with Gasteiger partial charge in [0.05, 0.1) is 12.4 Å². The van der Waals surface area contributed by atoms with Gasteiger partial charge in [0.1, 0.15) is 11.5 Å². The zero-order valence-corrected chi connectivity index (χ0v) is 10.7. The van der Waals surface area contributed by atoms with E-state index >= 15 is 0 Å². The zero-order valence-electron chi connectivity index (χ0n) is 9.85. The van der Waals surface area contributed by atoms with Crippen LogP contribution in [0.25, 0.3) is 0 Å². The van der Waals surface area contributed by atoms with Crippen LogP contribution >= 0.6 is 0 Å². The van der Waals surface area contributed by atoms with Crippen molar-refractivity contribution < 1.29 is 13.2 Å². The average molecular weight is 252 g/mol. The van der Waals surface area contributed by atoms with E-state index in [4.69, 9.17) is 11.2 Å². The van der Waals surface area contributed by atoms with Crippen molar-refractivity contribution in [2.45, 2.75) is 13.3 Å². The number of benzene rings is 1. The van der Waals surface area contributed by atoms with Crippen molar-refractivity contribution in [2.24, 2.45) is 0 Å². The highest BCUT2D eigenvalue weighted by Gasteiger charge is 2.08. The number of sulfone groups is 1. The van der Waals surface area contributed by atoms with Crippen molar-refractivity contribution in [2.75, 3.05) is 18.1 Å². The van der Waals surface area contributed by atoms with E-state index in [1.165, 1.54) is 0 Å². The van der Waals surface area contributed by atoms with E-state index < -0.39 is 9.84 Å². The van der Waals surface area contributed by atoms with Gasteiger partial charge < -0.3 is 4.74 Å². The first-order valence-corrected chi connectivity index (χ1v) is 7.19. The number of aryl methyl sites for hydroxylation is 1. The van der Waals surface area contributed by atoms with Gasteiger partial charge in [0.2, 0.25) is 0 Å². The molecule has 0 N–H and O–H groups in total. The molecule has 1 aromatic carbocycles. The molecule has 0 aliphatic carbocycles. The van der Waals surface area contributed by atoms with Crippen molar-refractivity contribution in [1.29, 1.82) is 0 Å². The molecule has 4 heteroatoms. The SMILES string of the molecule is C#CCS(=O)(=O)CCCOc1ccccc1C. The van der Waals surface area contributed by atoms with Gasteiger partial charge in [0, 0.05) is 0 Å². The van der Waals surface area contributed by atoms with Crippen LogP contribution in [-0.4, -0.2) is 26.5 Å². The molecule has 92 valence electrons. The molecule has 1 rings (SSSR count). The van der Waals surface area contributed by atoms with E-state index in [9.17, 15) is 8.42 Å². The molecule has 0 fully saturated rings. The number of ether oxygens (including phenoxy) is 1. The van der Waals surface area contributed by atoms with Crippen molar-refractivity contribution in [1.82, 2.24) is 0 Å². The summed E-state index contributed by atoms with van der Waals surface area (Å²) in [4.78, 5) is 0. The van der Waals surface area contributed by atoms with Crippen molar-refractivity contribution in [3.05, 3.63) is 29.8 Å². The highest BCUT2D eigenvalue weighted by atomic mass is 32.2. The van der Waals surface area contributed by atoms with E-state index in [0.717, 1.165) is 11.3 Å². The Balaban J connectivity index is 2.35. The van der Waals surface area contributed by atoms with Crippen molar-refractivity contribution >= 4 is 9.84 Å². The lowest BCUT2D eigenvalue weighted by atomic mass is 10.2. The minimum atomic E-state index is -3.11. The van der Waals surface area contributed by atoms with Crippen LogP contribution in [0.4, 0.5) is 0 Å². The second kappa shape index (κ2) is 6.31. The Labute approximate surface area is 103 Å². The molecule has 0 radical (unpaired) electrons. The van der Waals surface area contributed by atoms with Gasteiger partial charge in [-0.25, -0.2) is 8.42 Å². The van der Waals surface area contributed by atoms with Crippen molar-refractivity contribution in [3.63, 3.8) is 0 Å². The summed E-state index contributed by atoms with van der Waals surface area (Å²) in [5, 5.41) is 0. The molecule has 17 heavy (non-hydrogen) atoms. The van der Waals surface area contributed by atoms with Gasteiger partial charge in [0.15, 0.2) is 9.84 Å². The molecule has 0 spiro atoms. The van der Waals surface area contributed by atoms with Gasteiger partial charge in [-0.3, -0.25) is 0 Å². The minimum absolute atomic E-state index is 0.0725. The van der Waals surface area contributed by atoms with Gasteiger partial charge in [-0.1, -0.05) is 24.1 Å². The van der Waals surface area contributed by atoms with Gasteiger partial charge in [-0.15, -0.1) is 6.42 Å². The quantitative estimate of drug-likeness (QED) is 0.573. The molecule has 0 unspecified atom stereocenters. The molecular formula is C13H16O3S. The van der Waals surface area contributed by atoms with E-state index in [-0.39, 0.29) is 11.5 Å². The standard InChI is InChI=1S/C13H16O3S/c1-3-10-17(14,15)11-6-9-16-13-8-5-4-7-12(13)2/h1,4-5,7-8H,6,9-11H2,2H3. The lowest BCUT2D eigenvalue weighted by Gasteiger charge is -2.08. The Morgan fingerprint density at radius 2 is 2.06 bits per heavy atom. The Hall–Kier alpha value is -1.47. The Morgan fingerprint density at radius 3 is 2.71 bits per heavy atom. The third-order valence-electron chi connectivity index (χ3n) is 2.25. The molecule has 1 aromatic rings. The highest BCUT2D eigenvalue weighted by Crippen LogP contribution is 2.16. The first kappa shape index (κ1) is 13.6. The first-order chi connectivity index (χ1) is 8.05. The van der Waals surface area contributed by atoms with Crippen LogP contribution in [-0.2, 0) is 9.84 Å². The highest BCUT2D eigenvalue weighted by molar-refractivity contribution is 7.91. The van der Waals surface area contributed by atoms with Crippen molar-refractivity contribution in [3.8, 4) is 18.1 Å². The second-order valence-corrected chi connectivity index (χ2v) is 5.95. The molecule has 0 aliphatic heterocycles. The third kappa shape index (κ3) is 4.92. The fraction of sp³-hybridized carbons (Fsp3) is 0.385. The molecular weight excluding hydrogens is 236 g/mol. The van der Waals surface area contributed by atoms with Crippen LogP contribution in [0, 0.1) is 19.3 Å². The second-order valence-electron chi connectivity index (χ2n) is 3.76. The number of terminal acetylenes is 1. The summed E-state index contributed by atoms with van der Waals surface area (Å²) < 4.78 is 28.1. The van der Waals surface area contributed by atoms with Crippen LogP contribution < -0.4 is 4.74 Å². The lowest BCUT2D eigenvalue weighted by Crippen LogP contribution is -2.12. The number of rotatable bonds is 6. The summed E-state index contributed by atoms with van der Waals surface area (Å²) in [6.07, 6.45) is 5.43. The van der Waals surface area contributed by atoms with E-state index in [1.807, 2.05) is 31.2 Å². The van der Waals surface area contributed by atoms with Crippen LogP contribution in [0.5, 0.6) is 5.75 Å². The summed E-state index contributed by atoms with van der Waals surface area (Å²) in [6, 6.07) is 7.63. The molecule has 0 saturated carbocycles. The summed E-state index contributed by atoms with van der Waals surface area (Å²) in [7, 11) is -3.11. The minimum Gasteiger partial charge on any atom is -0.493 e. The predicted molar refractivity (Wildman–Crippen MR) is 68.8 cm³/mol. The van der Waals surface area contributed by atoms with Crippen LogP contribution in [0.1, 0.15) is 12.0 Å². The fourth-order valence-corrected chi connectivity index (χ4v) is 2.33. The lowest BCUT2D eigenvalue weighted by molar-refractivity contribution is 0.315. The third-order valence-corrected chi connectivity index (χ3v) is 3.77. The molecule has 0 saturated heterocycles. The van der Waals surface area contributed by atoms with Crippen LogP contribution in [0.15, 0.2) is 24.3 Å². The maximum absolute atomic E-state index is 11.3. The largest absolute Gasteiger partial charge is 0.493 e. The summed E-state index contributed by atoms with van der Waals surface area (Å²) >= 11 is 0. The normalized spacial score (nSPS) is 10.8. The summed E-state index contributed by atoms with van der Waals surface area (Å²) in [5.41, 5.74) is 1.04. The maximum Gasteiger partial charge on any atom is 0.161 e. The number of para-hydroxylation sites is 1. The van der Waals surface area contributed by atoms with Gasteiger partial charge in [0.25, 0.3) is 0 Å². The molecule has 0 amide bonds. The Kier molecular flexibility index (Phi) is 5.05. The summed E-state index contributed by atoms with van der Waals surface area (Å²) in [5.74, 6) is 2.82. The number of hydrogen-bond acceptors (Lipinski definition) is 3. The molecule has 0 aromatic heterocycles. The van der Waals surface area contributed by atoms with Crippen LogP contribution in [0.3, 0.4) is 0 Å². The Morgan fingerprint density at radius 1 is 1.35 bits per heavy atom. The van der Waals surface area contributed by atoms with Crippen LogP contribution in [0.2, 0.25) is 0 Å². The topological polar surface area (TPSA) is 43.4 Å². The average Bonchev–Trinajstić information content (AvgIpc) is 2.26. The first-order valence-electron chi connectivity index (χ1n) is 5.37. The van der Waals surface area contributed by atoms with Gasteiger partial charge in [-0.05, 0) is 25.0 Å². The monoisotopic (exact) mass is 252 g/mol. The van der Waals surface area contributed by atoms with E-state index in [1.54, 1.807) is 0 Å². The smallest absolute Gasteiger partial charge is 0.161 e. The molecule has 0 bridgehead atoms. The van der Waals surface area contributed by atoms with Gasteiger partial charge in [-0.2, -0.15) is 0 Å². The summed E-state index contributed by atoms with van der Waals surface area (Å²) in [6.45, 7) is 2.33. The van der Waals surface area contributed by atoms with E-state index in [0.29, 0.717) is 13.0 Å². The van der Waals surface area contributed by atoms with Gasteiger partial charge >= 0.3 is 0 Å². The fourth-order valence-electron chi connectivity index (χ4n) is 1.38. The Bertz CT molecular complexity index is 498. The predicted octanol–water partition coefficient (Wildman–Crippen LogP) is 1.81. The zero-order chi connectivity index (χ0) is 12.7. The molecule has 0 heterocycles. The molecule has 0 aliphatic rings. The van der Waals surface area contributed by atoms with E-state index in [2.05, 4.69) is 5.92 Å². The maximum atomic E-state index is 11.3.